The van der Waals surface area contributed by atoms with Crippen molar-refractivity contribution < 1.29 is 15.0 Å². The Morgan fingerprint density at radius 2 is 2.08 bits per heavy atom. The molecule has 0 saturated heterocycles. The molecule has 70 valence electrons. The van der Waals surface area contributed by atoms with Crippen LogP contribution in [0.1, 0.15) is 33.1 Å². The van der Waals surface area contributed by atoms with Crippen LogP contribution in [0.25, 0.3) is 0 Å². The second kappa shape index (κ2) is 3.05. The lowest BCUT2D eigenvalue weighted by Crippen LogP contribution is -2.47. The summed E-state index contributed by atoms with van der Waals surface area (Å²) >= 11 is 0. The third-order valence-corrected chi connectivity index (χ3v) is 2.51. The van der Waals surface area contributed by atoms with Crippen LogP contribution in [0.2, 0.25) is 0 Å². The highest BCUT2D eigenvalue weighted by Gasteiger charge is 2.49. The van der Waals surface area contributed by atoms with Gasteiger partial charge in [0.2, 0.25) is 0 Å². The zero-order valence-electron chi connectivity index (χ0n) is 7.58. The van der Waals surface area contributed by atoms with Gasteiger partial charge < -0.3 is 10.2 Å². The van der Waals surface area contributed by atoms with Gasteiger partial charge >= 0.3 is 5.97 Å². The number of hydrogen-bond acceptors (Lipinski definition) is 2. The molecule has 0 bridgehead atoms. The Kier molecular flexibility index (Phi) is 2.42. The van der Waals surface area contributed by atoms with Crippen molar-refractivity contribution in [3.63, 3.8) is 0 Å². The van der Waals surface area contributed by atoms with E-state index < -0.39 is 11.4 Å². The van der Waals surface area contributed by atoms with E-state index in [0.717, 1.165) is 0 Å². The SMILES string of the molecule is CC(C)CC1(C(=O)O)CC(O)C1. The van der Waals surface area contributed by atoms with Crippen LogP contribution in [0.15, 0.2) is 0 Å². The van der Waals surface area contributed by atoms with Crippen LogP contribution in [-0.4, -0.2) is 22.3 Å². The van der Waals surface area contributed by atoms with E-state index in [2.05, 4.69) is 0 Å². The van der Waals surface area contributed by atoms with E-state index in [1.165, 1.54) is 0 Å². The lowest BCUT2D eigenvalue weighted by atomic mass is 9.63. The molecular formula is C9H16O3. The first-order valence-electron chi connectivity index (χ1n) is 4.38. The summed E-state index contributed by atoms with van der Waals surface area (Å²) in [5.41, 5.74) is -0.617. The second-order valence-corrected chi connectivity index (χ2v) is 4.25. The first-order valence-corrected chi connectivity index (χ1v) is 4.38. The Bertz CT molecular complexity index is 180. The number of aliphatic carboxylic acids is 1. The zero-order valence-corrected chi connectivity index (χ0v) is 7.58. The third kappa shape index (κ3) is 1.61. The van der Waals surface area contributed by atoms with Crippen LogP contribution in [0, 0.1) is 11.3 Å². The molecule has 0 atom stereocenters. The molecule has 3 heteroatoms. The van der Waals surface area contributed by atoms with Gasteiger partial charge in [-0.25, -0.2) is 0 Å². The Balaban J connectivity index is 2.57. The fraction of sp³-hybridized carbons (Fsp3) is 0.889. The van der Waals surface area contributed by atoms with Crippen molar-refractivity contribution in [3.8, 4) is 0 Å². The normalized spacial score (nSPS) is 34.8. The summed E-state index contributed by atoms with van der Waals surface area (Å²) in [7, 11) is 0. The Morgan fingerprint density at radius 3 is 2.33 bits per heavy atom. The van der Waals surface area contributed by atoms with Crippen LogP contribution in [0.5, 0.6) is 0 Å². The molecule has 1 fully saturated rings. The van der Waals surface area contributed by atoms with Gasteiger partial charge in [-0.2, -0.15) is 0 Å². The standard InChI is InChI=1S/C9H16O3/c1-6(2)3-9(8(11)12)4-7(10)5-9/h6-7,10H,3-5H2,1-2H3,(H,11,12). The van der Waals surface area contributed by atoms with Gasteiger partial charge in [0.15, 0.2) is 0 Å². The first-order chi connectivity index (χ1) is 5.46. The Labute approximate surface area is 72.4 Å². The summed E-state index contributed by atoms with van der Waals surface area (Å²) in [6.07, 6.45) is 1.15. The average molecular weight is 172 g/mol. The maximum atomic E-state index is 10.9. The molecular weight excluding hydrogens is 156 g/mol. The second-order valence-electron chi connectivity index (χ2n) is 4.25. The van der Waals surface area contributed by atoms with Crippen LogP contribution in [0.3, 0.4) is 0 Å². The molecule has 1 rings (SSSR count). The van der Waals surface area contributed by atoms with Gasteiger partial charge in [0.25, 0.3) is 0 Å². The van der Waals surface area contributed by atoms with E-state index in [9.17, 15) is 4.79 Å². The number of rotatable bonds is 3. The zero-order chi connectivity index (χ0) is 9.35. The highest BCUT2D eigenvalue weighted by molar-refractivity contribution is 5.76. The predicted octanol–water partition coefficient (Wildman–Crippen LogP) is 1.26. The summed E-state index contributed by atoms with van der Waals surface area (Å²) in [4.78, 5) is 10.9. The molecule has 1 saturated carbocycles. The fourth-order valence-electron chi connectivity index (χ4n) is 2.05. The average Bonchev–Trinajstić information content (AvgIpc) is 1.81. The highest BCUT2D eigenvalue weighted by atomic mass is 16.4. The van der Waals surface area contributed by atoms with Crippen molar-refractivity contribution in [1.82, 2.24) is 0 Å². The Hall–Kier alpha value is -0.570. The third-order valence-electron chi connectivity index (χ3n) is 2.51. The van der Waals surface area contributed by atoms with Gasteiger partial charge in [-0.15, -0.1) is 0 Å². The quantitative estimate of drug-likeness (QED) is 0.673. The lowest BCUT2D eigenvalue weighted by Gasteiger charge is -2.42. The maximum absolute atomic E-state index is 10.9. The van der Waals surface area contributed by atoms with E-state index in [1.807, 2.05) is 13.8 Å². The van der Waals surface area contributed by atoms with Gasteiger partial charge in [0.1, 0.15) is 0 Å². The van der Waals surface area contributed by atoms with Crippen molar-refractivity contribution in [2.45, 2.75) is 39.2 Å². The maximum Gasteiger partial charge on any atom is 0.309 e. The summed E-state index contributed by atoms with van der Waals surface area (Å²) < 4.78 is 0. The topological polar surface area (TPSA) is 57.5 Å². The van der Waals surface area contributed by atoms with Crippen LogP contribution >= 0.6 is 0 Å². The summed E-state index contributed by atoms with van der Waals surface area (Å²) in [6.45, 7) is 4.02. The molecule has 0 spiro atoms. The molecule has 0 aliphatic heterocycles. The number of carboxylic acids is 1. The fourth-order valence-corrected chi connectivity index (χ4v) is 2.05. The van der Waals surface area contributed by atoms with E-state index >= 15 is 0 Å². The molecule has 0 amide bonds. The minimum atomic E-state index is -0.749. The van der Waals surface area contributed by atoms with Gasteiger partial charge in [-0.05, 0) is 25.2 Å². The molecule has 0 aromatic heterocycles. The number of aliphatic hydroxyl groups excluding tert-OH is 1. The lowest BCUT2D eigenvalue weighted by molar-refractivity contribution is -0.165. The Morgan fingerprint density at radius 1 is 1.58 bits per heavy atom. The molecule has 1 aliphatic rings. The van der Waals surface area contributed by atoms with Crippen molar-refractivity contribution in [3.05, 3.63) is 0 Å². The molecule has 0 unspecified atom stereocenters. The van der Waals surface area contributed by atoms with Crippen molar-refractivity contribution in [2.75, 3.05) is 0 Å². The highest BCUT2D eigenvalue weighted by Crippen LogP contribution is 2.46. The largest absolute Gasteiger partial charge is 0.481 e. The van der Waals surface area contributed by atoms with Crippen molar-refractivity contribution in [2.24, 2.45) is 11.3 Å². The molecule has 2 N–H and O–H groups in total. The van der Waals surface area contributed by atoms with Crippen LogP contribution in [0.4, 0.5) is 0 Å². The van der Waals surface area contributed by atoms with Gasteiger partial charge in [0, 0.05) is 0 Å². The first kappa shape index (κ1) is 9.52. The summed E-state index contributed by atoms with van der Waals surface area (Å²) in [5.74, 6) is -0.366. The van der Waals surface area contributed by atoms with E-state index in [0.29, 0.717) is 25.2 Å². The molecule has 0 heterocycles. The van der Waals surface area contributed by atoms with E-state index in [4.69, 9.17) is 10.2 Å². The molecule has 0 radical (unpaired) electrons. The molecule has 0 aromatic rings. The number of carboxylic acid groups (broad SMARTS) is 1. The van der Waals surface area contributed by atoms with Crippen LogP contribution < -0.4 is 0 Å². The van der Waals surface area contributed by atoms with Gasteiger partial charge in [0.05, 0.1) is 11.5 Å². The van der Waals surface area contributed by atoms with Crippen LogP contribution in [-0.2, 0) is 4.79 Å². The molecule has 0 aromatic carbocycles. The van der Waals surface area contributed by atoms with E-state index in [-0.39, 0.29) is 6.10 Å². The van der Waals surface area contributed by atoms with Crippen molar-refractivity contribution >= 4 is 5.97 Å². The molecule has 12 heavy (non-hydrogen) atoms. The summed E-state index contributed by atoms with van der Waals surface area (Å²) in [6, 6.07) is 0. The number of aliphatic hydroxyl groups is 1. The predicted molar refractivity (Wildman–Crippen MR) is 44.8 cm³/mol. The van der Waals surface area contributed by atoms with Gasteiger partial charge in [-0.1, -0.05) is 13.8 Å². The van der Waals surface area contributed by atoms with Crippen molar-refractivity contribution in [1.29, 1.82) is 0 Å². The smallest absolute Gasteiger partial charge is 0.309 e. The molecule has 3 nitrogen and oxygen atoms in total. The minimum absolute atomic E-state index is 0.383. The number of carbonyl (C=O) groups is 1. The minimum Gasteiger partial charge on any atom is -0.481 e. The van der Waals surface area contributed by atoms with E-state index in [1.54, 1.807) is 0 Å². The monoisotopic (exact) mass is 172 g/mol. The summed E-state index contributed by atoms with van der Waals surface area (Å²) in [5, 5.41) is 18.0. The molecule has 1 aliphatic carbocycles. The van der Waals surface area contributed by atoms with Gasteiger partial charge in [-0.3, -0.25) is 4.79 Å². The number of hydrogen-bond donors (Lipinski definition) is 2.